The van der Waals surface area contributed by atoms with Crippen molar-refractivity contribution in [3.8, 4) is 11.5 Å². The maximum Gasteiger partial charge on any atom is 0.272 e. The van der Waals surface area contributed by atoms with Gasteiger partial charge in [-0.15, -0.1) is 11.6 Å². The lowest BCUT2D eigenvalue weighted by molar-refractivity contribution is 0.0383. The number of ether oxygens (including phenoxy) is 2. The Morgan fingerprint density at radius 3 is 2.73 bits per heavy atom. The highest BCUT2D eigenvalue weighted by molar-refractivity contribution is 6.25. The Bertz CT molecular complexity index is 1380. The van der Waals surface area contributed by atoms with Crippen LogP contribution in [-0.2, 0) is 6.42 Å². The summed E-state index contributed by atoms with van der Waals surface area (Å²) in [6, 6.07) is 9.72. The molecular formula is C27H31ClN6O3. The first-order valence-electron chi connectivity index (χ1n) is 12.2. The van der Waals surface area contributed by atoms with Crippen LogP contribution in [0.3, 0.4) is 0 Å². The van der Waals surface area contributed by atoms with Crippen molar-refractivity contribution in [3.05, 3.63) is 64.2 Å². The molecule has 0 saturated heterocycles. The summed E-state index contributed by atoms with van der Waals surface area (Å²) in [5.74, 6) is 2.20. The summed E-state index contributed by atoms with van der Waals surface area (Å²) < 4.78 is 11.7. The molecule has 1 atom stereocenters. The van der Waals surface area contributed by atoms with Crippen LogP contribution in [0, 0.1) is 0 Å². The molecule has 3 N–H and O–H groups in total. The Morgan fingerprint density at radius 1 is 1.16 bits per heavy atom. The Balaban J connectivity index is 1.28. The third-order valence-electron chi connectivity index (χ3n) is 6.72. The Kier molecular flexibility index (Phi) is 6.83. The fourth-order valence-electron chi connectivity index (χ4n) is 4.50. The van der Waals surface area contributed by atoms with E-state index >= 15 is 0 Å². The zero-order valence-corrected chi connectivity index (χ0v) is 22.1. The summed E-state index contributed by atoms with van der Waals surface area (Å²) in [4.78, 5) is 26.1. The number of aromatic nitrogens is 3. The molecule has 0 bridgehead atoms. The van der Waals surface area contributed by atoms with Crippen molar-refractivity contribution < 1.29 is 9.47 Å². The predicted octanol–water partition coefficient (Wildman–Crippen LogP) is 4.70. The number of allylic oxidation sites excluding steroid dienone is 1. The molecule has 2 aliphatic carbocycles. The Morgan fingerprint density at radius 2 is 1.97 bits per heavy atom. The minimum Gasteiger partial charge on any atom is -0.493 e. The van der Waals surface area contributed by atoms with E-state index in [2.05, 4.69) is 44.6 Å². The number of nitrogens with one attached hydrogen (secondary N) is 3. The van der Waals surface area contributed by atoms with Gasteiger partial charge in [-0.3, -0.25) is 4.79 Å². The van der Waals surface area contributed by atoms with Crippen LogP contribution in [0.2, 0.25) is 0 Å². The summed E-state index contributed by atoms with van der Waals surface area (Å²) in [6.07, 6.45) is 8.16. The highest BCUT2D eigenvalue weighted by Gasteiger charge is 2.32. The molecule has 10 heteroatoms. The second-order valence-electron chi connectivity index (χ2n) is 9.95. The SMILES string of the molecule is COc1cc(Nc2nccc(Nc3cc4c([nH]c3=O)C=CC(C)(Cl)C4)n2)ccc1OC1CC(N(C)C)C1. The number of hydrogen-bond acceptors (Lipinski definition) is 8. The number of rotatable bonds is 8. The largest absolute Gasteiger partial charge is 0.493 e. The first kappa shape index (κ1) is 25.1. The highest BCUT2D eigenvalue weighted by Crippen LogP contribution is 2.36. The number of pyridine rings is 1. The summed E-state index contributed by atoms with van der Waals surface area (Å²) >= 11 is 6.49. The maximum absolute atomic E-state index is 12.6. The van der Waals surface area contributed by atoms with E-state index in [0.29, 0.717) is 41.4 Å². The zero-order valence-electron chi connectivity index (χ0n) is 21.3. The van der Waals surface area contributed by atoms with Crippen molar-refractivity contribution in [2.75, 3.05) is 31.8 Å². The lowest BCUT2D eigenvalue weighted by atomic mass is 9.88. The van der Waals surface area contributed by atoms with E-state index in [0.717, 1.165) is 29.8 Å². The molecule has 2 aliphatic rings. The number of alkyl halides is 1. The summed E-state index contributed by atoms with van der Waals surface area (Å²) in [5.41, 5.74) is 2.64. The fourth-order valence-corrected chi connectivity index (χ4v) is 4.70. The van der Waals surface area contributed by atoms with E-state index in [4.69, 9.17) is 21.1 Å². The van der Waals surface area contributed by atoms with E-state index in [9.17, 15) is 4.79 Å². The van der Waals surface area contributed by atoms with Crippen LogP contribution in [0.5, 0.6) is 11.5 Å². The van der Waals surface area contributed by atoms with Crippen LogP contribution in [-0.4, -0.2) is 58.1 Å². The van der Waals surface area contributed by atoms with E-state index in [-0.39, 0.29) is 11.7 Å². The standard InChI is InChI=1S/C27H31ClN6O3/c1-27(28)9-7-20-16(15-27)11-21(25(35)32-20)31-24-8-10-29-26(33-24)30-17-5-6-22(23(12-17)36-4)37-19-13-18(14-19)34(2)3/h5-12,18-19H,13-15H2,1-4H3,(H,32,35)(H2,29,30,31,33). The van der Waals surface area contributed by atoms with Gasteiger partial charge in [0, 0.05) is 29.7 Å². The zero-order chi connectivity index (χ0) is 26.2. The average Bonchev–Trinajstić information content (AvgIpc) is 2.82. The first-order valence-corrected chi connectivity index (χ1v) is 12.6. The molecule has 1 aromatic carbocycles. The molecule has 1 saturated carbocycles. The van der Waals surface area contributed by atoms with Gasteiger partial charge in [-0.25, -0.2) is 4.98 Å². The Labute approximate surface area is 220 Å². The molecule has 5 rings (SSSR count). The second kappa shape index (κ2) is 10.1. The lowest BCUT2D eigenvalue weighted by Crippen LogP contribution is -2.46. The molecule has 0 spiro atoms. The topological polar surface area (TPSA) is 104 Å². The number of nitrogens with zero attached hydrogens (tertiary/aromatic N) is 3. The van der Waals surface area contributed by atoms with Gasteiger partial charge in [0.05, 0.1) is 12.0 Å². The number of aromatic amines is 1. The minimum atomic E-state index is -0.483. The molecule has 2 heterocycles. The van der Waals surface area contributed by atoms with Gasteiger partial charge in [0.25, 0.3) is 5.56 Å². The van der Waals surface area contributed by atoms with Crippen LogP contribution in [0.1, 0.15) is 31.0 Å². The molecule has 0 radical (unpaired) electrons. The smallest absolute Gasteiger partial charge is 0.272 e. The second-order valence-corrected chi connectivity index (χ2v) is 10.8. The predicted molar refractivity (Wildman–Crippen MR) is 147 cm³/mol. The van der Waals surface area contributed by atoms with Crippen LogP contribution in [0.15, 0.2) is 47.4 Å². The fraction of sp³-hybridized carbons (Fsp3) is 0.370. The number of fused-ring (bicyclic) bond motifs is 1. The van der Waals surface area contributed by atoms with Gasteiger partial charge in [-0.2, -0.15) is 4.98 Å². The lowest BCUT2D eigenvalue weighted by Gasteiger charge is -2.39. The van der Waals surface area contributed by atoms with Crippen LogP contribution >= 0.6 is 11.6 Å². The molecule has 0 amide bonds. The van der Waals surface area contributed by atoms with Crippen molar-refractivity contribution in [2.45, 2.75) is 43.2 Å². The van der Waals surface area contributed by atoms with Gasteiger partial charge in [-0.05, 0) is 76.2 Å². The Hall–Kier alpha value is -3.56. The molecule has 194 valence electrons. The molecule has 1 fully saturated rings. The quantitative estimate of drug-likeness (QED) is 0.366. The number of anilines is 4. The van der Waals surface area contributed by atoms with Gasteiger partial charge in [0.2, 0.25) is 5.95 Å². The van der Waals surface area contributed by atoms with Crippen LogP contribution < -0.4 is 25.7 Å². The van der Waals surface area contributed by atoms with Gasteiger partial charge in [0.1, 0.15) is 17.6 Å². The monoisotopic (exact) mass is 522 g/mol. The van der Waals surface area contributed by atoms with E-state index < -0.39 is 4.87 Å². The molecule has 1 unspecified atom stereocenters. The summed E-state index contributed by atoms with van der Waals surface area (Å²) in [6.45, 7) is 1.94. The van der Waals surface area contributed by atoms with Crippen LogP contribution in [0.4, 0.5) is 23.1 Å². The van der Waals surface area contributed by atoms with Crippen LogP contribution in [0.25, 0.3) is 6.08 Å². The molecular weight excluding hydrogens is 492 g/mol. The number of hydrogen-bond donors (Lipinski definition) is 3. The number of H-pyrrole nitrogens is 1. The van der Waals surface area contributed by atoms with Crippen molar-refractivity contribution in [3.63, 3.8) is 0 Å². The van der Waals surface area contributed by atoms with Gasteiger partial charge in [0.15, 0.2) is 11.5 Å². The van der Waals surface area contributed by atoms with Gasteiger partial charge in [-0.1, -0.05) is 6.08 Å². The van der Waals surface area contributed by atoms with E-state index in [1.54, 1.807) is 19.4 Å². The third-order valence-corrected chi connectivity index (χ3v) is 6.98. The van der Waals surface area contributed by atoms with E-state index in [1.807, 2.05) is 43.3 Å². The van der Waals surface area contributed by atoms with E-state index in [1.165, 1.54) is 0 Å². The third kappa shape index (κ3) is 5.73. The maximum atomic E-state index is 12.6. The normalized spacial score (nSPS) is 22.2. The first-order chi connectivity index (χ1) is 17.7. The molecule has 2 aromatic heterocycles. The summed E-state index contributed by atoms with van der Waals surface area (Å²) in [5, 5.41) is 6.30. The number of methoxy groups -OCH3 is 1. The van der Waals surface area contributed by atoms with Crippen molar-refractivity contribution in [2.24, 2.45) is 0 Å². The minimum absolute atomic E-state index is 0.187. The van der Waals surface area contributed by atoms with Gasteiger partial charge < -0.3 is 30.0 Å². The summed E-state index contributed by atoms with van der Waals surface area (Å²) in [7, 11) is 5.80. The number of halogens is 1. The highest BCUT2D eigenvalue weighted by atomic mass is 35.5. The van der Waals surface area contributed by atoms with Crippen molar-refractivity contribution in [1.82, 2.24) is 19.9 Å². The average molecular weight is 523 g/mol. The number of benzene rings is 1. The molecule has 37 heavy (non-hydrogen) atoms. The molecule has 9 nitrogen and oxygen atoms in total. The van der Waals surface area contributed by atoms with Crippen molar-refractivity contribution in [1.29, 1.82) is 0 Å². The van der Waals surface area contributed by atoms with Crippen molar-refractivity contribution >= 4 is 40.8 Å². The van der Waals surface area contributed by atoms with Gasteiger partial charge >= 0.3 is 0 Å². The molecule has 0 aliphatic heterocycles. The molecule has 3 aromatic rings.